The van der Waals surface area contributed by atoms with E-state index in [-0.39, 0.29) is 5.78 Å². The highest BCUT2D eigenvalue weighted by Gasteiger charge is 2.14. The molecule has 0 fully saturated rings. The van der Waals surface area contributed by atoms with Crippen molar-refractivity contribution in [3.8, 4) is 0 Å². The van der Waals surface area contributed by atoms with Crippen LogP contribution in [0.5, 0.6) is 0 Å². The van der Waals surface area contributed by atoms with Crippen LogP contribution in [-0.4, -0.2) is 5.78 Å². The molecule has 0 atom stereocenters. The van der Waals surface area contributed by atoms with Crippen LogP contribution in [0.25, 0.3) is 10.8 Å². The topological polar surface area (TPSA) is 43.1 Å². The highest BCUT2D eigenvalue weighted by Crippen LogP contribution is 2.27. The minimum Gasteiger partial charge on any atom is -0.398 e. The highest BCUT2D eigenvalue weighted by atomic mass is 35.5. The van der Waals surface area contributed by atoms with Gasteiger partial charge in [-0.05, 0) is 41.1 Å². The number of hydrogen-bond donors (Lipinski definition) is 1. The second kappa shape index (κ2) is 5.40. The molecule has 0 unspecified atom stereocenters. The summed E-state index contributed by atoms with van der Waals surface area (Å²) in [5.41, 5.74) is 7.39. The smallest absolute Gasteiger partial charge is 0.195 e. The third-order valence-electron chi connectivity index (χ3n) is 3.34. The average Bonchev–Trinajstić information content (AvgIpc) is 2.48. The molecule has 0 aromatic heterocycles. The molecular weight excluding hydrogens is 305 g/mol. The summed E-state index contributed by atoms with van der Waals surface area (Å²) >= 11 is 11.8. The molecule has 0 spiro atoms. The molecule has 21 heavy (non-hydrogen) atoms. The van der Waals surface area contributed by atoms with Gasteiger partial charge in [-0.2, -0.15) is 0 Å². The van der Waals surface area contributed by atoms with Crippen LogP contribution < -0.4 is 5.73 Å². The number of nitrogen functional groups attached to an aromatic ring is 1. The van der Waals surface area contributed by atoms with Gasteiger partial charge in [-0.15, -0.1) is 0 Å². The van der Waals surface area contributed by atoms with Gasteiger partial charge < -0.3 is 5.73 Å². The van der Waals surface area contributed by atoms with E-state index in [1.807, 2.05) is 24.3 Å². The summed E-state index contributed by atoms with van der Waals surface area (Å²) in [5, 5.41) is 2.73. The fourth-order valence-electron chi connectivity index (χ4n) is 2.25. The first-order chi connectivity index (χ1) is 10.1. The number of carbonyl (C=O) groups is 1. The first-order valence-electron chi connectivity index (χ1n) is 6.34. The van der Waals surface area contributed by atoms with Gasteiger partial charge in [0.2, 0.25) is 0 Å². The summed E-state index contributed by atoms with van der Waals surface area (Å²) in [4.78, 5) is 12.6. The number of anilines is 1. The average molecular weight is 316 g/mol. The lowest BCUT2D eigenvalue weighted by molar-refractivity contribution is 0.103. The molecule has 104 valence electrons. The van der Waals surface area contributed by atoms with Gasteiger partial charge in [-0.1, -0.05) is 47.5 Å². The van der Waals surface area contributed by atoms with Crippen LogP contribution in [0.1, 0.15) is 15.9 Å². The summed E-state index contributed by atoms with van der Waals surface area (Å²) in [7, 11) is 0. The monoisotopic (exact) mass is 315 g/mol. The van der Waals surface area contributed by atoms with Crippen molar-refractivity contribution in [2.24, 2.45) is 0 Å². The van der Waals surface area contributed by atoms with Crippen molar-refractivity contribution in [3.63, 3.8) is 0 Å². The molecule has 0 saturated heterocycles. The van der Waals surface area contributed by atoms with Crippen molar-refractivity contribution in [3.05, 3.63) is 75.8 Å². The Morgan fingerprint density at radius 1 is 0.857 bits per heavy atom. The number of benzene rings is 3. The summed E-state index contributed by atoms with van der Waals surface area (Å²) in [6.07, 6.45) is 0. The van der Waals surface area contributed by atoms with E-state index in [0.717, 1.165) is 10.8 Å². The van der Waals surface area contributed by atoms with Crippen LogP contribution in [0.4, 0.5) is 5.69 Å². The number of halogens is 2. The Labute approximate surface area is 132 Å². The highest BCUT2D eigenvalue weighted by molar-refractivity contribution is 6.42. The molecule has 0 aliphatic rings. The maximum absolute atomic E-state index is 12.6. The largest absolute Gasteiger partial charge is 0.398 e. The van der Waals surface area contributed by atoms with Gasteiger partial charge in [0.25, 0.3) is 0 Å². The molecule has 2 nitrogen and oxygen atoms in total. The Kier molecular flexibility index (Phi) is 3.58. The minimum absolute atomic E-state index is 0.170. The van der Waals surface area contributed by atoms with Crippen molar-refractivity contribution in [2.45, 2.75) is 0 Å². The van der Waals surface area contributed by atoms with Gasteiger partial charge in [0.15, 0.2) is 5.78 Å². The summed E-state index contributed by atoms with van der Waals surface area (Å²) in [6.45, 7) is 0. The third-order valence-corrected chi connectivity index (χ3v) is 4.08. The third kappa shape index (κ3) is 2.60. The molecule has 0 saturated carbocycles. The molecule has 0 bridgehead atoms. The molecule has 3 rings (SSSR count). The molecule has 0 radical (unpaired) electrons. The van der Waals surface area contributed by atoms with Gasteiger partial charge in [0.1, 0.15) is 0 Å². The Bertz CT molecular complexity index is 859. The standard InChI is InChI=1S/C17H11Cl2NO/c18-14-6-5-12(8-15(14)19)17(21)13-7-10-3-1-2-4-11(10)9-16(13)20/h1-9H,20H2. The van der Waals surface area contributed by atoms with E-state index in [9.17, 15) is 4.79 Å². The lowest BCUT2D eigenvalue weighted by Crippen LogP contribution is -2.05. The van der Waals surface area contributed by atoms with Gasteiger partial charge in [-0.25, -0.2) is 0 Å². The van der Waals surface area contributed by atoms with E-state index in [1.54, 1.807) is 30.3 Å². The van der Waals surface area contributed by atoms with Gasteiger partial charge in [0.05, 0.1) is 10.0 Å². The number of ketones is 1. The number of hydrogen-bond acceptors (Lipinski definition) is 2. The molecule has 3 aromatic rings. The van der Waals surface area contributed by atoms with Gasteiger partial charge >= 0.3 is 0 Å². The first kappa shape index (κ1) is 13.9. The Morgan fingerprint density at radius 2 is 1.52 bits per heavy atom. The zero-order chi connectivity index (χ0) is 15.0. The SMILES string of the molecule is Nc1cc2ccccc2cc1C(=O)c1ccc(Cl)c(Cl)c1. The summed E-state index contributed by atoms with van der Waals surface area (Å²) in [6, 6.07) is 16.2. The Hall–Kier alpha value is -2.03. The quantitative estimate of drug-likeness (QED) is 0.536. The molecule has 2 N–H and O–H groups in total. The van der Waals surface area contributed by atoms with Crippen LogP contribution in [-0.2, 0) is 0 Å². The Balaban J connectivity index is 2.12. The second-order valence-electron chi connectivity index (χ2n) is 4.74. The van der Waals surface area contributed by atoms with Gasteiger partial charge in [0, 0.05) is 16.8 Å². The lowest BCUT2D eigenvalue weighted by atomic mass is 9.98. The van der Waals surface area contributed by atoms with E-state index in [1.165, 1.54) is 0 Å². The van der Waals surface area contributed by atoms with E-state index in [2.05, 4.69) is 0 Å². The Morgan fingerprint density at radius 3 is 2.19 bits per heavy atom. The molecule has 0 heterocycles. The second-order valence-corrected chi connectivity index (χ2v) is 5.56. The van der Waals surface area contributed by atoms with Crippen molar-refractivity contribution < 1.29 is 4.79 Å². The van der Waals surface area contributed by atoms with Crippen LogP contribution in [0.3, 0.4) is 0 Å². The number of nitrogens with two attached hydrogens (primary N) is 1. The number of fused-ring (bicyclic) bond motifs is 1. The van der Waals surface area contributed by atoms with Crippen LogP contribution in [0, 0.1) is 0 Å². The first-order valence-corrected chi connectivity index (χ1v) is 7.10. The maximum atomic E-state index is 12.6. The fourth-order valence-corrected chi connectivity index (χ4v) is 2.55. The summed E-state index contributed by atoms with van der Waals surface area (Å²) < 4.78 is 0. The maximum Gasteiger partial charge on any atom is 0.195 e. The van der Waals surface area contributed by atoms with Crippen molar-refractivity contribution in [2.75, 3.05) is 5.73 Å². The van der Waals surface area contributed by atoms with E-state index in [0.29, 0.717) is 26.9 Å². The molecule has 3 aromatic carbocycles. The number of rotatable bonds is 2. The van der Waals surface area contributed by atoms with Crippen LogP contribution in [0.15, 0.2) is 54.6 Å². The molecular formula is C17H11Cl2NO. The van der Waals surface area contributed by atoms with Crippen LogP contribution >= 0.6 is 23.2 Å². The van der Waals surface area contributed by atoms with Crippen molar-refractivity contribution in [1.29, 1.82) is 0 Å². The van der Waals surface area contributed by atoms with E-state index in [4.69, 9.17) is 28.9 Å². The molecule has 0 aliphatic heterocycles. The molecule has 4 heteroatoms. The molecule has 0 aliphatic carbocycles. The fraction of sp³-hybridized carbons (Fsp3) is 0. The van der Waals surface area contributed by atoms with E-state index < -0.39 is 0 Å². The van der Waals surface area contributed by atoms with Crippen molar-refractivity contribution in [1.82, 2.24) is 0 Å². The lowest BCUT2D eigenvalue weighted by Gasteiger charge is -2.08. The van der Waals surface area contributed by atoms with Crippen LogP contribution in [0.2, 0.25) is 10.0 Å². The zero-order valence-electron chi connectivity index (χ0n) is 10.9. The zero-order valence-corrected chi connectivity index (χ0v) is 12.4. The molecule has 0 amide bonds. The summed E-state index contributed by atoms with van der Waals surface area (Å²) in [5.74, 6) is -0.170. The number of carbonyl (C=O) groups excluding carboxylic acids is 1. The predicted octanol–water partition coefficient (Wildman–Crippen LogP) is 4.96. The predicted molar refractivity (Wildman–Crippen MR) is 88.3 cm³/mol. The minimum atomic E-state index is -0.170. The normalized spacial score (nSPS) is 10.8. The van der Waals surface area contributed by atoms with Crippen molar-refractivity contribution >= 4 is 45.4 Å². The van der Waals surface area contributed by atoms with E-state index >= 15 is 0 Å². The van der Waals surface area contributed by atoms with Gasteiger partial charge in [-0.3, -0.25) is 4.79 Å².